The van der Waals surface area contributed by atoms with Crippen LogP contribution in [0.25, 0.3) is 10.9 Å². The first-order valence-electron chi connectivity index (χ1n) is 9.46. The van der Waals surface area contributed by atoms with Gasteiger partial charge in [-0.2, -0.15) is 5.10 Å². The van der Waals surface area contributed by atoms with Crippen molar-refractivity contribution in [2.75, 3.05) is 23.3 Å². The van der Waals surface area contributed by atoms with Crippen molar-refractivity contribution in [2.45, 2.75) is 33.1 Å². The molecule has 3 aromatic rings. The minimum absolute atomic E-state index is 0.229. The molecule has 0 unspecified atom stereocenters. The van der Waals surface area contributed by atoms with Crippen LogP contribution in [0.1, 0.15) is 42.2 Å². The van der Waals surface area contributed by atoms with Crippen LogP contribution in [-0.2, 0) is 0 Å². The van der Waals surface area contributed by atoms with Crippen molar-refractivity contribution in [1.82, 2.24) is 20.2 Å². The number of aromatic amines is 1. The maximum atomic E-state index is 12.8. The average molecular weight is 364 g/mol. The molecule has 1 aliphatic rings. The van der Waals surface area contributed by atoms with Gasteiger partial charge in [0.05, 0.1) is 11.7 Å². The zero-order valence-corrected chi connectivity index (χ0v) is 15.7. The first-order valence-corrected chi connectivity index (χ1v) is 9.46. The van der Waals surface area contributed by atoms with Crippen molar-refractivity contribution in [2.24, 2.45) is 5.92 Å². The van der Waals surface area contributed by atoms with Crippen molar-refractivity contribution in [3.8, 4) is 0 Å². The topological polar surface area (TPSA) is 86.8 Å². The molecule has 0 spiro atoms. The van der Waals surface area contributed by atoms with E-state index in [1.165, 1.54) is 19.2 Å². The number of H-pyrrole nitrogens is 1. The third kappa shape index (κ3) is 3.92. The normalized spacial score (nSPS) is 13.7. The summed E-state index contributed by atoms with van der Waals surface area (Å²) >= 11 is 0. The number of hydrogen-bond donors (Lipinski definition) is 2. The van der Waals surface area contributed by atoms with Gasteiger partial charge in [0, 0.05) is 30.2 Å². The molecule has 140 valence electrons. The van der Waals surface area contributed by atoms with E-state index in [0.29, 0.717) is 5.69 Å². The van der Waals surface area contributed by atoms with Gasteiger partial charge in [0.2, 0.25) is 0 Å². The SMILES string of the molecule is CCCN(CC1CC1)c1cc(C(=O)Nc2cc3cn[nH]c3cc2C)ncn1. The number of aryl methyl sites for hydroxylation is 1. The minimum Gasteiger partial charge on any atom is -0.356 e. The molecule has 1 aliphatic carbocycles. The van der Waals surface area contributed by atoms with Crippen molar-refractivity contribution in [3.63, 3.8) is 0 Å². The van der Waals surface area contributed by atoms with Crippen LogP contribution in [-0.4, -0.2) is 39.2 Å². The second-order valence-electron chi connectivity index (χ2n) is 7.23. The van der Waals surface area contributed by atoms with Crippen LogP contribution < -0.4 is 10.2 Å². The van der Waals surface area contributed by atoms with Gasteiger partial charge >= 0.3 is 0 Å². The van der Waals surface area contributed by atoms with Crippen molar-refractivity contribution in [3.05, 3.63) is 42.0 Å². The van der Waals surface area contributed by atoms with Crippen LogP contribution in [0.3, 0.4) is 0 Å². The van der Waals surface area contributed by atoms with E-state index in [-0.39, 0.29) is 5.91 Å². The first-order chi connectivity index (χ1) is 13.1. The molecule has 0 radical (unpaired) electrons. The van der Waals surface area contributed by atoms with Crippen LogP contribution in [0.2, 0.25) is 0 Å². The molecule has 4 rings (SSSR count). The van der Waals surface area contributed by atoms with E-state index < -0.39 is 0 Å². The zero-order valence-electron chi connectivity index (χ0n) is 15.7. The first kappa shape index (κ1) is 17.5. The zero-order chi connectivity index (χ0) is 18.8. The predicted octanol–water partition coefficient (Wildman–Crippen LogP) is 3.54. The number of carbonyl (C=O) groups is 1. The Morgan fingerprint density at radius 2 is 2.15 bits per heavy atom. The van der Waals surface area contributed by atoms with E-state index in [1.54, 1.807) is 12.3 Å². The van der Waals surface area contributed by atoms with Crippen LogP contribution >= 0.6 is 0 Å². The minimum atomic E-state index is -0.229. The van der Waals surface area contributed by atoms with Gasteiger partial charge in [-0.05, 0) is 49.8 Å². The van der Waals surface area contributed by atoms with Crippen molar-refractivity contribution >= 4 is 28.3 Å². The molecule has 1 aromatic carbocycles. The molecule has 0 bridgehead atoms. The summed E-state index contributed by atoms with van der Waals surface area (Å²) in [5, 5.41) is 10.9. The number of amides is 1. The average Bonchev–Trinajstić information content (AvgIpc) is 3.38. The van der Waals surface area contributed by atoms with Crippen LogP contribution in [0, 0.1) is 12.8 Å². The van der Waals surface area contributed by atoms with Crippen molar-refractivity contribution in [1.29, 1.82) is 0 Å². The van der Waals surface area contributed by atoms with Gasteiger partial charge < -0.3 is 10.2 Å². The molecule has 1 amide bonds. The van der Waals surface area contributed by atoms with E-state index in [4.69, 9.17) is 0 Å². The molecule has 1 fully saturated rings. The molecule has 0 atom stereocenters. The summed E-state index contributed by atoms with van der Waals surface area (Å²) in [5.74, 6) is 1.35. The lowest BCUT2D eigenvalue weighted by Gasteiger charge is -2.23. The largest absolute Gasteiger partial charge is 0.356 e. The third-order valence-corrected chi connectivity index (χ3v) is 4.91. The van der Waals surface area contributed by atoms with Gasteiger partial charge in [0.15, 0.2) is 0 Å². The summed E-state index contributed by atoms with van der Waals surface area (Å²) in [7, 11) is 0. The maximum absolute atomic E-state index is 12.8. The lowest BCUT2D eigenvalue weighted by Crippen LogP contribution is -2.28. The highest BCUT2D eigenvalue weighted by molar-refractivity contribution is 6.04. The molecule has 7 nitrogen and oxygen atoms in total. The van der Waals surface area contributed by atoms with Gasteiger partial charge in [0.25, 0.3) is 5.91 Å². The molecule has 27 heavy (non-hydrogen) atoms. The highest BCUT2D eigenvalue weighted by Crippen LogP contribution is 2.31. The Labute approximate surface area is 158 Å². The Hall–Kier alpha value is -2.96. The Kier molecular flexibility index (Phi) is 4.75. The monoisotopic (exact) mass is 364 g/mol. The molecule has 2 aromatic heterocycles. The van der Waals surface area contributed by atoms with E-state index in [9.17, 15) is 4.79 Å². The Morgan fingerprint density at radius 1 is 1.30 bits per heavy atom. The highest BCUT2D eigenvalue weighted by Gasteiger charge is 2.25. The maximum Gasteiger partial charge on any atom is 0.274 e. The fourth-order valence-corrected chi connectivity index (χ4v) is 3.25. The Balaban J connectivity index is 1.54. The molecular weight excluding hydrogens is 340 g/mol. The summed E-state index contributed by atoms with van der Waals surface area (Å²) < 4.78 is 0. The second-order valence-corrected chi connectivity index (χ2v) is 7.23. The number of rotatable bonds is 7. The molecular formula is C20H24N6O. The van der Waals surface area contributed by atoms with Gasteiger partial charge in [-0.1, -0.05) is 6.92 Å². The summed E-state index contributed by atoms with van der Waals surface area (Å²) in [6.07, 6.45) is 6.84. The van der Waals surface area contributed by atoms with Crippen molar-refractivity contribution < 1.29 is 4.79 Å². The predicted molar refractivity (Wildman–Crippen MR) is 106 cm³/mol. The number of carbonyl (C=O) groups excluding carboxylic acids is 1. The van der Waals surface area contributed by atoms with Gasteiger partial charge in [0.1, 0.15) is 17.8 Å². The lowest BCUT2D eigenvalue weighted by molar-refractivity contribution is 0.102. The number of anilines is 2. The van der Waals surface area contributed by atoms with E-state index in [1.807, 2.05) is 19.1 Å². The fraction of sp³-hybridized carbons (Fsp3) is 0.400. The number of hydrogen-bond acceptors (Lipinski definition) is 5. The summed E-state index contributed by atoms with van der Waals surface area (Å²) in [5.41, 5.74) is 3.06. The van der Waals surface area contributed by atoms with E-state index >= 15 is 0 Å². The number of fused-ring (bicyclic) bond motifs is 1. The number of aromatic nitrogens is 4. The number of benzene rings is 1. The second kappa shape index (κ2) is 7.34. The molecule has 2 N–H and O–H groups in total. The quantitative estimate of drug-likeness (QED) is 0.670. The highest BCUT2D eigenvalue weighted by atomic mass is 16.1. The van der Waals surface area contributed by atoms with E-state index in [0.717, 1.165) is 53.4 Å². The number of nitrogens with zero attached hydrogens (tertiary/aromatic N) is 4. The molecule has 2 heterocycles. The van der Waals surface area contributed by atoms with Gasteiger partial charge in [-0.15, -0.1) is 0 Å². The smallest absolute Gasteiger partial charge is 0.274 e. The standard InChI is InChI=1S/C20H24N6O/c1-3-6-26(11-14-4-5-14)19-9-18(21-12-22-19)20(27)24-16-8-15-10-23-25-17(15)7-13(16)2/h7-10,12,14H,3-6,11H2,1-2H3,(H,23,25)(H,24,27). The summed E-state index contributed by atoms with van der Waals surface area (Å²) in [4.78, 5) is 23.6. The fourth-order valence-electron chi connectivity index (χ4n) is 3.25. The van der Waals surface area contributed by atoms with Gasteiger partial charge in [-0.25, -0.2) is 9.97 Å². The van der Waals surface area contributed by atoms with Crippen LogP contribution in [0.5, 0.6) is 0 Å². The summed E-state index contributed by atoms with van der Waals surface area (Å²) in [6, 6.07) is 5.69. The number of nitrogens with one attached hydrogen (secondary N) is 2. The van der Waals surface area contributed by atoms with Crippen LogP contribution in [0.15, 0.2) is 30.7 Å². The van der Waals surface area contributed by atoms with E-state index in [2.05, 4.69) is 37.3 Å². The molecule has 0 saturated heterocycles. The Morgan fingerprint density at radius 3 is 2.93 bits per heavy atom. The Bertz CT molecular complexity index is 962. The molecule has 7 heteroatoms. The lowest BCUT2D eigenvalue weighted by atomic mass is 10.1. The summed E-state index contributed by atoms with van der Waals surface area (Å²) in [6.45, 7) is 6.05. The third-order valence-electron chi connectivity index (χ3n) is 4.91. The molecule has 0 aliphatic heterocycles. The van der Waals surface area contributed by atoms with Gasteiger partial charge in [-0.3, -0.25) is 9.89 Å². The molecule has 1 saturated carbocycles. The van der Waals surface area contributed by atoms with Crippen LogP contribution in [0.4, 0.5) is 11.5 Å².